The lowest BCUT2D eigenvalue weighted by Gasteiger charge is -2.06. The minimum atomic E-state index is -0.523. The number of para-hydroxylation sites is 1. The molecule has 6 heteroatoms. The number of amides is 1. The molecule has 2 rings (SSSR count). The molecule has 100 valence electrons. The molecule has 0 spiro atoms. The summed E-state index contributed by atoms with van der Waals surface area (Å²) in [6.45, 7) is 1.87. The van der Waals surface area contributed by atoms with E-state index in [1.807, 2.05) is 12.3 Å². The number of carbonyl (C=O) groups excluding carboxylic acids is 1. The molecular weight excluding hydrogens is 272 g/mol. The van der Waals surface area contributed by atoms with Crippen LogP contribution in [-0.2, 0) is 0 Å². The Morgan fingerprint density at radius 1 is 1.50 bits per heavy atom. The van der Waals surface area contributed by atoms with Gasteiger partial charge >= 0.3 is 0 Å². The number of nitrogens with two attached hydrogens (primary N) is 1. The Bertz CT molecular complexity index is 712. The molecule has 0 unspecified atom stereocenters. The van der Waals surface area contributed by atoms with Crippen molar-refractivity contribution in [2.24, 2.45) is 5.73 Å². The summed E-state index contributed by atoms with van der Waals surface area (Å²) in [5.74, 6) is -0.523. The number of benzene rings is 1. The van der Waals surface area contributed by atoms with Crippen LogP contribution in [0, 0.1) is 18.3 Å². The molecule has 0 saturated heterocycles. The van der Waals surface area contributed by atoms with Crippen LogP contribution in [0.25, 0.3) is 5.57 Å². The molecule has 3 N–H and O–H groups in total. The number of nitrogens with one attached hydrogen (secondary N) is 1. The molecule has 1 amide bonds. The Balaban J connectivity index is 2.28. The van der Waals surface area contributed by atoms with Gasteiger partial charge < -0.3 is 11.1 Å². The van der Waals surface area contributed by atoms with Gasteiger partial charge in [0.1, 0.15) is 16.6 Å². The number of nitrogens with zero attached hydrogens (tertiary/aromatic N) is 2. The van der Waals surface area contributed by atoms with Crippen LogP contribution in [0.2, 0.25) is 0 Å². The molecule has 20 heavy (non-hydrogen) atoms. The first-order chi connectivity index (χ1) is 9.61. The number of aromatic nitrogens is 1. The highest BCUT2D eigenvalue weighted by Gasteiger charge is 2.08. The van der Waals surface area contributed by atoms with Gasteiger partial charge in [-0.05, 0) is 19.1 Å². The quantitative estimate of drug-likeness (QED) is 0.844. The van der Waals surface area contributed by atoms with Crippen molar-refractivity contribution in [2.45, 2.75) is 6.92 Å². The molecule has 0 aliphatic rings. The Morgan fingerprint density at radius 2 is 2.25 bits per heavy atom. The SMILES string of the molecule is Cc1csc(/C(C#N)=C/Nc2ccccc2C(N)=O)n1. The lowest BCUT2D eigenvalue weighted by atomic mass is 10.1. The first-order valence-electron chi connectivity index (χ1n) is 5.80. The largest absolute Gasteiger partial charge is 0.366 e. The van der Waals surface area contributed by atoms with Gasteiger partial charge in [-0.1, -0.05) is 12.1 Å². The van der Waals surface area contributed by atoms with Gasteiger partial charge in [0.25, 0.3) is 5.91 Å². The highest BCUT2D eigenvalue weighted by molar-refractivity contribution is 7.10. The van der Waals surface area contributed by atoms with Crippen LogP contribution in [0.3, 0.4) is 0 Å². The van der Waals surface area contributed by atoms with E-state index in [4.69, 9.17) is 11.0 Å². The number of hydrogen-bond acceptors (Lipinski definition) is 5. The average molecular weight is 284 g/mol. The maximum absolute atomic E-state index is 11.3. The van der Waals surface area contributed by atoms with Gasteiger partial charge in [-0.3, -0.25) is 4.79 Å². The van der Waals surface area contributed by atoms with Crippen molar-refractivity contribution in [3.05, 3.63) is 52.1 Å². The van der Waals surface area contributed by atoms with Crippen LogP contribution in [0.4, 0.5) is 5.69 Å². The highest BCUT2D eigenvalue weighted by atomic mass is 32.1. The fourth-order valence-corrected chi connectivity index (χ4v) is 2.36. The minimum Gasteiger partial charge on any atom is -0.366 e. The topological polar surface area (TPSA) is 91.8 Å². The van der Waals surface area contributed by atoms with Gasteiger partial charge in [0.05, 0.1) is 11.3 Å². The number of anilines is 1. The molecule has 1 heterocycles. The summed E-state index contributed by atoms with van der Waals surface area (Å²) in [5.41, 5.74) is 7.49. The smallest absolute Gasteiger partial charge is 0.250 e. The summed E-state index contributed by atoms with van der Waals surface area (Å²) in [7, 11) is 0. The zero-order valence-corrected chi connectivity index (χ0v) is 11.6. The summed E-state index contributed by atoms with van der Waals surface area (Å²) in [5, 5.41) is 14.6. The van der Waals surface area contributed by atoms with Crippen molar-refractivity contribution < 1.29 is 4.79 Å². The van der Waals surface area contributed by atoms with Gasteiger partial charge in [0.2, 0.25) is 0 Å². The van der Waals surface area contributed by atoms with Crippen LogP contribution in [0.15, 0.2) is 35.8 Å². The number of aryl methyl sites for hydroxylation is 1. The Hall–Kier alpha value is -2.65. The molecule has 5 nitrogen and oxygen atoms in total. The second-order valence-electron chi connectivity index (χ2n) is 4.02. The predicted molar refractivity (Wildman–Crippen MR) is 79.0 cm³/mol. The third-order valence-electron chi connectivity index (χ3n) is 2.53. The van der Waals surface area contributed by atoms with Gasteiger partial charge in [-0.2, -0.15) is 5.26 Å². The van der Waals surface area contributed by atoms with E-state index in [-0.39, 0.29) is 0 Å². The summed E-state index contributed by atoms with van der Waals surface area (Å²) < 4.78 is 0. The second-order valence-corrected chi connectivity index (χ2v) is 4.88. The molecular formula is C14H12N4OS. The first kappa shape index (κ1) is 13.8. The van der Waals surface area contributed by atoms with Crippen LogP contribution in [-0.4, -0.2) is 10.9 Å². The van der Waals surface area contributed by atoms with Crippen molar-refractivity contribution in [1.82, 2.24) is 4.98 Å². The number of primary amides is 1. The van der Waals surface area contributed by atoms with Crippen molar-refractivity contribution in [3.8, 4) is 6.07 Å². The van der Waals surface area contributed by atoms with Crippen molar-refractivity contribution in [1.29, 1.82) is 5.26 Å². The molecule has 2 aromatic rings. The third kappa shape index (κ3) is 3.02. The maximum atomic E-state index is 11.3. The Labute approximate surface area is 120 Å². The normalized spacial score (nSPS) is 10.9. The molecule has 0 aliphatic heterocycles. The zero-order chi connectivity index (χ0) is 14.5. The first-order valence-corrected chi connectivity index (χ1v) is 6.68. The van der Waals surface area contributed by atoms with Gasteiger partial charge in [-0.25, -0.2) is 4.98 Å². The number of carbonyl (C=O) groups is 1. The molecule has 1 aromatic heterocycles. The van der Waals surface area contributed by atoms with Crippen LogP contribution < -0.4 is 11.1 Å². The fourth-order valence-electron chi connectivity index (χ4n) is 1.59. The lowest BCUT2D eigenvalue weighted by molar-refractivity contribution is 0.100. The van der Waals surface area contributed by atoms with Gasteiger partial charge in [-0.15, -0.1) is 11.3 Å². The maximum Gasteiger partial charge on any atom is 0.250 e. The van der Waals surface area contributed by atoms with Crippen molar-refractivity contribution in [2.75, 3.05) is 5.32 Å². The standard InChI is InChI=1S/C14H12N4OS/c1-9-8-20-14(18-9)10(6-15)7-17-12-5-3-2-4-11(12)13(16)19/h2-5,7-8,17H,1H3,(H2,16,19)/b10-7+. The predicted octanol–water partition coefficient (Wildman–Crippen LogP) is 2.53. The van der Waals surface area contributed by atoms with Gasteiger partial charge in [0.15, 0.2) is 0 Å². The van der Waals surface area contributed by atoms with E-state index in [9.17, 15) is 4.79 Å². The molecule has 0 bridgehead atoms. The zero-order valence-electron chi connectivity index (χ0n) is 10.8. The number of thiazole rings is 1. The van der Waals surface area contributed by atoms with E-state index in [0.717, 1.165) is 5.69 Å². The molecule has 0 atom stereocenters. The number of allylic oxidation sites excluding steroid dienone is 1. The second kappa shape index (κ2) is 5.99. The van der Waals surface area contributed by atoms with Crippen LogP contribution in [0.5, 0.6) is 0 Å². The van der Waals surface area contributed by atoms with E-state index in [0.29, 0.717) is 21.8 Å². The summed E-state index contributed by atoms with van der Waals surface area (Å²) in [6.07, 6.45) is 1.53. The van der Waals surface area contributed by atoms with Crippen molar-refractivity contribution in [3.63, 3.8) is 0 Å². The molecule has 0 saturated carbocycles. The summed E-state index contributed by atoms with van der Waals surface area (Å²) in [6, 6.07) is 8.93. The highest BCUT2D eigenvalue weighted by Crippen LogP contribution is 2.20. The number of rotatable bonds is 4. The number of nitriles is 1. The van der Waals surface area contributed by atoms with E-state index >= 15 is 0 Å². The van der Waals surface area contributed by atoms with E-state index in [1.165, 1.54) is 17.5 Å². The van der Waals surface area contributed by atoms with E-state index in [2.05, 4.69) is 16.4 Å². The molecule has 1 aromatic carbocycles. The third-order valence-corrected chi connectivity index (χ3v) is 3.53. The summed E-state index contributed by atoms with van der Waals surface area (Å²) in [4.78, 5) is 15.5. The van der Waals surface area contributed by atoms with E-state index < -0.39 is 5.91 Å². The van der Waals surface area contributed by atoms with Crippen LogP contribution >= 0.6 is 11.3 Å². The fraction of sp³-hybridized carbons (Fsp3) is 0.0714. The molecule has 0 aliphatic carbocycles. The molecule has 0 radical (unpaired) electrons. The summed E-state index contributed by atoms with van der Waals surface area (Å²) >= 11 is 1.39. The lowest BCUT2D eigenvalue weighted by Crippen LogP contribution is -2.13. The minimum absolute atomic E-state index is 0.372. The average Bonchev–Trinajstić information content (AvgIpc) is 2.86. The monoisotopic (exact) mass is 284 g/mol. The molecule has 0 fully saturated rings. The number of hydrogen-bond donors (Lipinski definition) is 2. The Kier molecular flexibility index (Phi) is 4.13. The van der Waals surface area contributed by atoms with E-state index in [1.54, 1.807) is 24.3 Å². The van der Waals surface area contributed by atoms with Gasteiger partial charge in [0, 0.05) is 17.3 Å². The van der Waals surface area contributed by atoms with Crippen LogP contribution in [0.1, 0.15) is 21.1 Å². The Morgan fingerprint density at radius 3 is 2.85 bits per heavy atom. The van der Waals surface area contributed by atoms with Crippen molar-refractivity contribution >= 4 is 28.5 Å².